The van der Waals surface area contributed by atoms with Crippen LogP contribution in [0.25, 0.3) is 0 Å². The van der Waals surface area contributed by atoms with Gasteiger partial charge in [0.25, 0.3) is 0 Å². The number of hydrogen-bond donors (Lipinski definition) is 0. The van der Waals surface area contributed by atoms with E-state index in [0.29, 0.717) is 0 Å². The Morgan fingerprint density at radius 2 is 1.17 bits per heavy atom. The molecule has 0 amide bonds. The molecule has 0 saturated carbocycles. The fourth-order valence-corrected chi connectivity index (χ4v) is 0.667. The van der Waals surface area contributed by atoms with Gasteiger partial charge < -0.3 is 9.47 Å². The quantitative estimate of drug-likeness (QED) is 0.507. The van der Waals surface area contributed by atoms with Gasteiger partial charge in [-0.25, -0.2) is 9.59 Å². The van der Waals surface area contributed by atoms with Crippen LogP contribution < -0.4 is 0 Å². The molecule has 0 aliphatic heterocycles. The molecular weight excluding hydrogens is 207 g/mol. The molecule has 0 rings (SSSR count). The molecular formula is C6H6Cl2O4. The van der Waals surface area contributed by atoms with Gasteiger partial charge in [-0.2, -0.15) is 0 Å². The van der Waals surface area contributed by atoms with E-state index < -0.39 is 22.0 Å². The third kappa shape index (κ3) is 2.71. The molecule has 0 atom stereocenters. The summed E-state index contributed by atoms with van der Waals surface area (Å²) < 4.78 is 8.41. The van der Waals surface area contributed by atoms with E-state index in [2.05, 4.69) is 9.47 Å². The summed E-state index contributed by atoms with van der Waals surface area (Å²) in [6, 6.07) is 0. The first-order valence-electron chi connectivity index (χ1n) is 2.76. The first-order valence-corrected chi connectivity index (χ1v) is 3.52. The van der Waals surface area contributed by atoms with E-state index in [1.165, 1.54) is 0 Å². The second-order valence-corrected chi connectivity index (χ2v) is 2.37. The summed E-state index contributed by atoms with van der Waals surface area (Å²) >= 11 is 10.7. The van der Waals surface area contributed by atoms with Crippen molar-refractivity contribution >= 4 is 35.1 Å². The lowest BCUT2D eigenvalue weighted by Gasteiger charge is -1.99. The van der Waals surface area contributed by atoms with Gasteiger partial charge in [-0.3, -0.25) is 0 Å². The maximum absolute atomic E-state index is 10.7. The maximum Gasteiger partial charge on any atom is 0.351 e. The molecule has 0 heterocycles. The molecule has 12 heavy (non-hydrogen) atoms. The molecule has 68 valence electrons. The number of hydrogen-bond acceptors (Lipinski definition) is 4. The van der Waals surface area contributed by atoms with Crippen LogP contribution in [0.4, 0.5) is 0 Å². The summed E-state index contributed by atoms with van der Waals surface area (Å²) in [6.07, 6.45) is 0. The van der Waals surface area contributed by atoms with Crippen molar-refractivity contribution in [3.05, 3.63) is 10.1 Å². The van der Waals surface area contributed by atoms with E-state index in [9.17, 15) is 9.59 Å². The van der Waals surface area contributed by atoms with E-state index in [0.717, 1.165) is 14.2 Å². The van der Waals surface area contributed by atoms with Gasteiger partial charge in [0.2, 0.25) is 0 Å². The van der Waals surface area contributed by atoms with Gasteiger partial charge in [0.15, 0.2) is 10.1 Å². The smallest absolute Gasteiger partial charge is 0.351 e. The van der Waals surface area contributed by atoms with Gasteiger partial charge in [0, 0.05) is 0 Å². The van der Waals surface area contributed by atoms with Crippen molar-refractivity contribution in [2.24, 2.45) is 0 Å². The van der Waals surface area contributed by atoms with Gasteiger partial charge in [0.1, 0.15) is 0 Å². The Hall–Kier alpha value is -0.740. The molecule has 0 spiro atoms. The van der Waals surface area contributed by atoms with E-state index >= 15 is 0 Å². The number of carbonyl (C=O) groups excluding carboxylic acids is 2. The van der Waals surface area contributed by atoms with Gasteiger partial charge >= 0.3 is 11.9 Å². The highest BCUT2D eigenvalue weighted by atomic mass is 35.5. The Morgan fingerprint density at radius 3 is 1.33 bits per heavy atom. The Morgan fingerprint density at radius 1 is 0.917 bits per heavy atom. The lowest BCUT2D eigenvalue weighted by Crippen LogP contribution is -2.08. The van der Waals surface area contributed by atoms with E-state index in [4.69, 9.17) is 23.2 Å². The van der Waals surface area contributed by atoms with Crippen molar-refractivity contribution in [1.29, 1.82) is 0 Å². The zero-order valence-corrected chi connectivity index (χ0v) is 7.90. The first kappa shape index (κ1) is 11.3. The number of halogens is 2. The van der Waals surface area contributed by atoms with Gasteiger partial charge in [-0.1, -0.05) is 23.2 Å². The lowest BCUT2D eigenvalue weighted by molar-refractivity contribution is -0.138. The molecule has 0 aliphatic rings. The van der Waals surface area contributed by atoms with E-state index in [1.54, 1.807) is 0 Å². The molecule has 0 saturated heterocycles. The summed E-state index contributed by atoms with van der Waals surface area (Å²) in [5, 5.41) is -0.989. The Kier molecular flexibility index (Phi) is 4.70. The summed E-state index contributed by atoms with van der Waals surface area (Å²) in [5.41, 5.74) is 0. The number of ether oxygens (including phenoxy) is 2. The lowest BCUT2D eigenvalue weighted by atomic mass is 10.5. The molecule has 0 unspecified atom stereocenters. The van der Waals surface area contributed by atoms with Crippen LogP contribution in [-0.2, 0) is 19.1 Å². The minimum Gasteiger partial charge on any atom is -0.465 e. The van der Waals surface area contributed by atoms with Crippen molar-refractivity contribution in [3.8, 4) is 0 Å². The molecule has 0 fully saturated rings. The average Bonchev–Trinajstić information content (AvgIpc) is 2.12. The zero-order valence-electron chi connectivity index (χ0n) is 6.39. The third-order valence-corrected chi connectivity index (χ3v) is 1.71. The SMILES string of the molecule is COC(=O)C(Cl)=C(Cl)C(=O)OC. The van der Waals surface area contributed by atoms with Crippen LogP contribution in [0.15, 0.2) is 10.1 Å². The van der Waals surface area contributed by atoms with Gasteiger partial charge in [-0.05, 0) is 0 Å². The Bertz CT molecular complexity index is 210. The third-order valence-electron chi connectivity index (χ3n) is 0.922. The summed E-state index contributed by atoms with van der Waals surface area (Å²) in [7, 11) is 2.23. The monoisotopic (exact) mass is 212 g/mol. The summed E-state index contributed by atoms with van der Waals surface area (Å²) in [6.45, 7) is 0. The van der Waals surface area contributed by atoms with E-state index in [1.807, 2.05) is 0 Å². The second-order valence-electron chi connectivity index (χ2n) is 1.61. The molecule has 0 radical (unpaired) electrons. The van der Waals surface area contributed by atoms with Gasteiger partial charge in [-0.15, -0.1) is 0 Å². The highest BCUT2D eigenvalue weighted by Gasteiger charge is 2.18. The zero-order chi connectivity index (χ0) is 9.72. The average molecular weight is 213 g/mol. The Balaban J connectivity index is 4.68. The molecule has 4 nitrogen and oxygen atoms in total. The van der Waals surface area contributed by atoms with Crippen molar-refractivity contribution < 1.29 is 19.1 Å². The largest absolute Gasteiger partial charge is 0.465 e. The van der Waals surface area contributed by atoms with Crippen molar-refractivity contribution in [2.45, 2.75) is 0 Å². The number of esters is 2. The van der Waals surface area contributed by atoms with Crippen LogP contribution in [-0.4, -0.2) is 26.2 Å². The van der Waals surface area contributed by atoms with Crippen molar-refractivity contribution in [3.63, 3.8) is 0 Å². The fourth-order valence-electron chi connectivity index (χ4n) is 0.358. The summed E-state index contributed by atoms with van der Waals surface area (Å²) in [4.78, 5) is 21.3. The van der Waals surface area contributed by atoms with Crippen LogP contribution in [0.5, 0.6) is 0 Å². The molecule has 0 aromatic rings. The minimum atomic E-state index is -0.882. The van der Waals surface area contributed by atoms with Crippen LogP contribution in [0, 0.1) is 0 Å². The van der Waals surface area contributed by atoms with Crippen LogP contribution in [0.1, 0.15) is 0 Å². The minimum absolute atomic E-state index is 0.494. The van der Waals surface area contributed by atoms with Gasteiger partial charge in [0.05, 0.1) is 14.2 Å². The second kappa shape index (κ2) is 5.00. The van der Waals surface area contributed by atoms with Crippen LogP contribution in [0.2, 0.25) is 0 Å². The summed E-state index contributed by atoms with van der Waals surface area (Å²) in [5.74, 6) is -1.76. The predicted octanol–water partition coefficient (Wildman–Crippen LogP) is 1.02. The number of rotatable bonds is 2. The number of methoxy groups -OCH3 is 2. The maximum atomic E-state index is 10.7. The molecule has 0 aliphatic carbocycles. The van der Waals surface area contributed by atoms with Crippen LogP contribution >= 0.6 is 23.2 Å². The normalized spacial score (nSPS) is 11.7. The highest BCUT2D eigenvalue weighted by molar-refractivity contribution is 6.53. The highest BCUT2D eigenvalue weighted by Crippen LogP contribution is 2.16. The van der Waals surface area contributed by atoms with Crippen molar-refractivity contribution in [2.75, 3.05) is 14.2 Å². The topological polar surface area (TPSA) is 52.6 Å². The molecule has 0 N–H and O–H groups in total. The predicted molar refractivity (Wildman–Crippen MR) is 42.8 cm³/mol. The van der Waals surface area contributed by atoms with Crippen molar-refractivity contribution in [1.82, 2.24) is 0 Å². The molecule has 0 aromatic carbocycles. The molecule has 0 bridgehead atoms. The Labute approximate surface area is 79.0 Å². The standard InChI is InChI=1S/C6H6Cl2O4/c1-11-5(9)3(7)4(8)6(10)12-2/h1-2H3. The first-order chi connectivity index (χ1) is 5.54. The van der Waals surface area contributed by atoms with Crippen LogP contribution in [0.3, 0.4) is 0 Å². The van der Waals surface area contributed by atoms with E-state index in [-0.39, 0.29) is 0 Å². The molecule has 6 heteroatoms. The number of carbonyl (C=O) groups is 2. The molecule has 0 aromatic heterocycles. The fraction of sp³-hybridized carbons (Fsp3) is 0.333.